The number of aromatic nitrogens is 3. The Morgan fingerprint density at radius 3 is 2.90 bits per heavy atom. The molecule has 0 radical (unpaired) electrons. The lowest BCUT2D eigenvalue weighted by Gasteiger charge is -2.08. The minimum Gasteiger partial charge on any atom is -0.496 e. The van der Waals surface area contributed by atoms with Gasteiger partial charge >= 0.3 is 5.95 Å². The zero-order chi connectivity index (χ0) is 20.8. The van der Waals surface area contributed by atoms with E-state index in [4.69, 9.17) is 16.3 Å². The number of hydrogen-bond donors (Lipinski definition) is 1. The first-order valence-electron chi connectivity index (χ1n) is 8.26. The molecular weight excluding hydrogens is 400 g/mol. The van der Waals surface area contributed by atoms with Crippen LogP contribution in [0.25, 0.3) is 0 Å². The van der Waals surface area contributed by atoms with E-state index in [0.717, 1.165) is 0 Å². The average molecular weight is 415 g/mol. The first-order valence-corrected chi connectivity index (χ1v) is 8.64. The number of methoxy groups -OCH3 is 1. The van der Waals surface area contributed by atoms with Crippen molar-refractivity contribution in [3.8, 4) is 5.75 Å². The minimum absolute atomic E-state index is 0.209. The second-order valence-corrected chi connectivity index (χ2v) is 6.22. The van der Waals surface area contributed by atoms with Crippen LogP contribution in [0.15, 0.2) is 53.9 Å². The number of nitrogens with zero attached hydrogens (tertiary/aromatic N) is 5. The summed E-state index contributed by atoms with van der Waals surface area (Å²) in [5.41, 5.74) is 4.20. The van der Waals surface area contributed by atoms with E-state index in [-0.39, 0.29) is 6.54 Å². The standard InChI is InChI=1S/C18H15ClN6O4/c1-29-16-6-5-12(7-14(16)10-24-11-20-18(23-24)25(27)28)9-21-22-17(26)13-3-2-4-15(19)8-13/h2-9,11H,10H2,1H3,(H,22,26)/b21-9-. The summed E-state index contributed by atoms with van der Waals surface area (Å²) in [7, 11) is 1.52. The van der Waals surface area contributed by atoms with Gasteiger partial charge < -0.3 is 14.9 Å². The largest absolute Gasteiger partial charge is 0.496 e. The topological polar surface area (TPSA) is 125 Å². The summed E-state index contributed by atoms with van der Waals surface area (Å²) in [5.74, 6) is -0.305. The maximum atomic E-state index is 12.1. The summed E-state index contributed by atoms with van der Waals surface area (Å²) >= 11 is 5.87. The molecule has 10 nitrogen and oxygen atoms in total. The van der Waals surface area contributed by atoms with Crippen molar-refractivity contribution in [2.75, 3.05) is 7.11 Å². The molecular formula is C18H15ClN6O4. The van der Waals surface area contributed by atoms with Crippen LogP contribution in [-0.4, -0.2) is 38.9 Å². The zero-order valence-electron chi connectivity index (χ0n) is 15.2. The summed E-state index contributed by atoms with van der Waals surface area (Å²) in [6, 6.07) is 11.7. The molecule has 0 aliphatic rings. The van der Waals surface area contributed by atoms with Crippen LogP contribution >= 0.6 is 11.6 Å². The van der Waals surface area contributed by atoms with Gasteiger partial charge in [0.15, 0.2) is 0 Å². The van der Waals surface area contributed by atoms with E-state index in [2.05, 4.69) is 20.6 Å². The maximum Gasteiger partial charge on any atom is 0.490 e. The van der Waals surface area contributed by atoms with Gasteiger partial charge in [-0.1, -0.05) is 22.7 Å². The molecule has 3 aromatic rings. The number of carbonyl (C=O) groups is 1. The second kappa shape index (κ2) is 8.93. The molecule has 0 fully saturated rings. The minimum atomic E-state index is -0.667. The molecule has 3 rings (SSSR count). The Labute approximate surface area is 169 Å². The van der Waals surface area contributed by atoms with Gasteiger partial charge in [-0.3, -0.25) is 4.79 Å². The van der Waals surface area contributed by atoms with Gasteiger partial charge in [0.1, 0.15) is 5.75 Å². The Balaban J connectivity index is 1.72. The van der Waals surface area contributed by atoms with Gasteiger partial charge in [-0.2, -0.15) is 9.78 Å². The molecule has 1 heterocycles. The number of hydrogen-bond acceptors (Lipinski definition) is 7. The number of amides is 1. The van der Waals surface area contributed by atoms with E-state index >= 15 is 0 Å². The van der Waals surface area contributed by atoms with Gasteiger partial charge in [-0.05, 0) is 46.9 Å². The number of benzene rings is 2. The van der Waals surface area contributed by atoms with Gasteiger partial charge in [0.05, 0.1) is 19.9 Å². The van der Waals surface area contributed by atoms with Gasteiger partial charge in [0, 0.05) is 21.2 Å². The van der Waals surface area contributed by atoms with Crippen LogP contribution in [0.5, 0.6) is 5.75 Å². The van der Waals surface area contributed by atoms with Crippen molar-refractivity contribution in [3.05, 3.63) is 80.6 Å². The van der Waals surface area contributed by atoms with Crippen LogP contribution in [0.3, 0.4) is 0 Å². The lowest BCUT2D eigenvalue weighted by Crippen LogP contribution is -2.17. The lowest BCUT2D eigenvalue weighted by atomic mass is 10.1. The summed E-state index contributed by atoms with van der Waals surface area (Å²) < 4.78 is 6.65. The number of rotatable bonds is 7. The van der Waals surface area contributed by atoms with Gasteiger partial charge in [-0.15, -0.1) is 0 Å². The van der Waals surface area contributed by atoms with Crippen LogP contribution < -0.4 is 10.2 Å². The fourth-order valence-electron chi connectivity index (χ4n) is 2.48. The van der Waals surface area contributed by atoms with Gasteiger partial charge in [0.25, 0.3) is 5.91 Å². The van der Waals surface area contributed by atoms with Crippen LogP contribution in [0.2, 0.25) is 5.02 Å². The number of nitrogens with one attached hydrogen (secondary N) is 1. The molecule has 0 saturated heterocycles. The molecule has 11 heteroatoms. The predicted octanol–water partition coefficient (Wildman–Crippen LogP) is 2.66. The van der Waals surface area contributed by atoms with E-state index < -0.39 is 16.8 Å². The highest BCUT2D eigenvalue weighted by Crippen LogP contribution is 2.20. The van der Waals surface area contributed by atoms with E-state index in [0.29, 0.717) is 27.5 Å². The van der Waals surface area contributed by atoms with Crippen LogP contribution in [0.4, 0.5) is 5.95 Å². The third-order valence-corrected chi connectivity index (χ3v) is 4.03. The number of halogens is 1. The van der Waals surface area contributed by atoms with Crippen molar-refractivity contribution in [1.82, 2.24) is 20.2 Å². The molecule has 1 N–H and O–H groups in total. The van der Waals surface area contributed by atoms with E-state index in [1.807, 2.05) is 0 Å². The SMILES string of the molecule is COc1ccc(/C=N\NC(=O)c2cccc(Cl)c2)cc1Cn1cnc([N+](=O)[O-])n1. The Morgan fingerprint density at radius 2 is 2.21 bits per heavy atom. The molecule has 2 aromatic carbocycles. The molecule has 0 aliphatic heterocycles. The summed E-state index contributed by atoms with van der Waals surface area (Å²) in [5, 5.41) is 18.9. The molecule has 0 aliphatic carbocycles. The summed E-state index contributed by atoms with van der Waals surface area (Å²) in [6.07, 6.45) is 2.73. The van der Waals surface area contributed by atoms with Crippen molar-refractivity contribution < 1.29 is 14.5 Å². The quantitative estimate of drug-likeness (QED) is 0.360. The van der Waals surface area contributed by atoms with E-state index in [1.54, 1.807) is 36.4 Å². The first-order chi connectivity index (χ1) is 14.0. The molecule has 1 aromatic heterocycles. The number of nitro groups is 1. The second-order valence-electron chi connectivity index (χ2n) is 5.78. The molecule has 29 heavy (non-hydrogen) atoms. The third-order valence-electron chi connectivity index (χ3n) is 3.79. The maximum absolute atomic E-state index is 12.1. The van der Waals surface area contributed by atoms with Gasteiger partial charge in [-0.25, -0.2) is 5.43 Å². The van der Waals surface area contributed by atoms with Crippen LogP contribution in [-0.2, 0) is 6.54 Å². The van der Waals surface area contributed by atoms with Crippen LogP contribution in [0.1, 0.15) is 21.5 Å². The highest BCUT2D eigenvalue weighted by Gasteiger charge is 2.15. The number of ether oxygens (including phenoxy) is 1. The Hall–Kier alpha value is -3.79. The predicted molar refractivity (Wildman–Crippen MR) is 105 cm³/mol. The van der Waals surface area contributed by atoms with Crippen molar-refractivity contribution in [2.45, 2.75) is 6.54 Å². The number of carbonyl (C=O) groups excluding carboxylic acids is 1. The molecule has 148 valence electrons. The number of hydrazone groups is 1. The zero-order valence-corrected chi connectivity index (χ0v) is 15.9. The highest BCUT2D eigenvalue weighted by atomic mass is 35.5. The third kappa shape index (κ3) is 5.14. The normalized spacial score (nSPS) is 10.8. The van der Waals surface area contributed by atoms with Crippen molar-refractivity contribution in [1.29, 1.82) is 0 Å². The van der Waals surface area contributed by atoms with E-state index in [1.165, 1.54) is 30.4 Å². The summed E-state index contributed by atoms with van der Waals surface area (Å²) in [4.78, 5) is 25.8. The van der Waals surface area contributed by atoms with Crippen molar-refractivity contribution in [2.24, 2.45) is 5.10 Å². The molecule has 0 atom stereocenters. The molecule has 1 amide bonds. The lowest BCUT2D eigenvalue weighted by molar-refractivity contribution is -0.394. The van der Waals surface area contributed by atoms with Crippen molar-refractivity contribution >= 4 is 29.7 Å². The fraction of sp³-hybridized carbons (Fsp3) is 0.111. The first kappa shape index (κ1) is 20.0. The fourth-order valence-corrected chi connectivity index (χ4v) is 2.67. The Kier molecular flexibility index (Phi) is 6.15. The molecule has 0 bridgehead atoms. The Bertz CT molecular complexity index is 1080. The smallest absolute Gasteiger partial charge is 0.490 e. The van der Waals surface area contributed by atoms with Crippen LogP contribution in [0, 0.1) is 10.1 Å². The average Bonchev–Trinajstić information content (AvgIpc) is 3.17. The highest BCUT2D eigenvalue weighted by molar-refractivity contribution is 6.30. The molecule has 0 spiro atoms. The molecule has 0 unspecified atom stereocenters. The van der Waals surface area contributed by atoms with E-state index in [9.17, 15) is 14.9 Å². The van der Waals surface area contributed by atoms with Gasteiger partial charge in [0.2, 0.25) is 6.33 Å². The summed E-state index contributed by atoms with van der Waals surface area (Å²) in [6.45, 7) is 0.209. The monoisotopic (exact) mass is 414 g/mol. The Morgan fingerprint density at radius 1 is 1.38 bits per heavy atom. The molecule has 0 saturated carbocycles. The van der Waals surface area contributed by atoms with Crippen molar-refractivity contribution in [3.63, 3.8) is 0 Å².